The third-order valence-electron chi connectivity index (χ3n) is 7.15. The van der Waals surface area contributed by atoms with Crippen LogP contribution in [-0.2, 0) is 132 Å². The molecule has 20 heteroatoms. The maximum Gasteiger partial charge on any atom is 0.236 e. The summed E-state index contributed by atoms with van der Waals surface area (Å²) < 4.78 is 71.4. The summed E-state index contributed by atoms with van der Waals surface area (Å²) in [5.74, 6) is -0.747. The smallest absolute Gasteiger partial charge is 0.236 e. The van der Waals surface area contributed by atoms with E-state index in [4.69, 9.17) is 39.4 Å². The fraction of sp³-hybridized carbons (Fsp3) is 0.387. The SMILES string of the molecule is I.[B]c1[c-]c(C)c(S(=O)(=O)Cl)c(C)c1.[B]c1[c-]c(C)c(S(=O)(=O)NC(=O)C(C)C(C)CC)c(C)c1.[B]c1[c-]c(C)c(S(N)(=O)=O)c(C)c1.[HH].[Y].[Y].[Y]. The van der Waals surface area contributed by atoms with E-state index in [9.17, 15) is 30.0 Å². The van der Waals surface area contributed by atoms with Crippen LogP contribution in [0.15, 0.2) is 32.9 Å². The van der Waals surface area contributed by atoms with Gasteiger partial charge in [-0.05, 0) is 20.6 Å². The predicted octanol–water partition coefficient (Wildman–Crippen LogP) is 2.61. The Kier molecular flexibility index (Phi) is 29.0. The molecular formula is C31H40B3ClIN2O7S3Y3-3. The summed E-state index contributed by atoms with van der Waals surface area (Å²) >= 11 is 0. The number of carbonyl (C=O) groups is 1. The summed E-state index contributed by atoms with van der Waals surface area (Å²) in [5, 5.41) is 5.02. The molecule has 0 saturated carbocycles. The Bertz CT molecular complexity index is 1850. The van der Waals surface area contributed by atoms with Gasteiger partial charge in [-0.3, -0.25) is 9.52 Å². The van der Waals surface area contributed by atoms with Crippen LogP contribution in [0.3, 0.4) is 0 Å². The van der Waals surface area contributed by atoms with Gasteiger partial charge in [-0.15, -0.1) is 57.4 Å². The van der Waals surface area contributed by atoms with Crippen molar-refractivity contribution in [2.75, 3.05) is 0 Å². The van der Waals surface area contributed by atoms with Gasteiger partial charge in [-0.1, -0.05) is 68.7 Å². The first-order valence-electron chi connectivity index (χ1n) is 14.2. The van der Waals surface area contributed by atoms with Gasteiger partial charge in [0.2, 0.25) is 25.0 Å². The van der Waals surface area contributed by atoms with Crippen molar-refractivity contribution < 1.29 is 130 Å². The fourth-order valence-electron chi connectivity index (χ4n) is 4.83. The van der Waals surface area contributed by atoms with Gasteiger partial charge in [-0.25, -0.2) is 46.8 Å². The summed E-state index contributed by atoms with van der Waals surface area (Å²) in [7, 11) is 10.6. The Labute approximate surface area is 408 Å². The van der Waals surface area contributed by atoms with Crippen LogP contribution in [0, 0.1) is 71.6 Å². The molecule has 3 rings (SSSR count). The number of halogens is 2. The summed E-state index contributed by atoms with van der Waals surface area (Å²) in [6.45, 7) is 15.4. The Morgan fingerprint density at radius 1 is 0.745 bits per heavy atom. The van der Waals surface area contributed by atoms with Crippen molar-refractivity contribution in [3.8, 4) is 0 Å². The van der Waals surface area contributed by atoms with Crippen LogP contribution in [0.25, 0.3) is 0 Å². The predicted molar refractivity (Wildman–Crippen MR) is 206 cm³/mol. The molecule has 0 bridgehead atoms. The summed E-state index contributed by atoms with van der Waals surface area (Å²) in [6.07, 6.45) is 0.808. The molecule has 2 atom stereocenters. The first-order valence-corrected chi connectivity index (χ1v) is 19.5. The number of rotatable bonds is 7. The molecule has 51 heavy (non-hydrogen) atoms. The van der Waals surface area contributed by atoms with Crippen molar-refractivity contribution in [2.24, 2.45) is 17.0 Å². The van der Waals surface area contributed by atoms with Gasteiger partial charge in [0.05, 0.1) is 23.5 Å². The van der Waals surface area contributed by atoms with Gasteiger partial charge in [0.15, 0.2) is 10.0 Å². The molecule has 269 valence electrons. The van der Waals surface area contributed by atoms with Crippen molar-refractivity contribution in [3.05, 3.63) is 69.8 Å². The number of amides is 1. The van der Waals surface area contributed by atoms with Crippen molar-refractivity contribution in [1.82, 2.24) is 4.72 Å². The number of nitrogens with two attached hydrogens (primary N) is 1. The number of aryl methyl sites for hydroxylation is 6. The van der Waals surface area contributed by atoms with Crippen LogP contribution >= 0.6 is 34.7 Å². The minimum Gasteiger partial charge on any atom is -0.274 e. The van der Waals surface area contributed by atoms with Crippen LogP contribution in [0.4, 0.5) is 0 Å². The molecule has 0 aromatic heterocycles. The zero-order valence-corrected chi connectivity index (χ0v) is 44.1. The first-order chi connectivity index (χ1) is 21.2. The van der Waals surface area contributed by atoms with Crippen LogP contribution in [0.1, 0.15) is 62.0 Å². The number of hydrogen-bond donors (Lipinski definition) is 2. The minimum atomic E-state index is -3.91. The van der Waals surface area contributed by atoms with Gasteiger partial charge in [-0.2, -0.15) is 36.4 Å². The molecule has 2 unspecified atom stereocenters. The van der Waals surface area contributed by atoms with Crippen LogP contribution in [0.2, 0.25) is 0 Å². The Hall–Kier alpha value is 1.47. The van der Waals surface area contributed by atoms with E-state index < -0.39 is 35.0 Å². The second kappa shape index (κ2) is 25.0. The van der Waals surface area contributed by atoms with Gasteiger partial charge in [0.25, 0.3) is 0 Å². The third-order valence-corrected chi connectivity index (χ3v) is 11.6. The van der Waals surface area contributed by atoms with Gasteiger partial charge in [0, 0.05) is 116 Å². The largest absolute Gasteiger partial charge is 0.274 e. The molecule has 9 nitrogen and oxygen atoms in total. The van der Waals surface area contributed by atoms with Gasteiger partial charge in [0.1, 0.15) is 0 Å². The van der Waals surface area contributed by atoms with Crippen LogP contribution in [0.5, 0.6) is 0 Å². The standard InChI is InChI=1S/C15H21BNO3S.C8H7BClO2S.C8H9BNO2S.HI.3Y.H2/c1-6-9(2)12(5)15(18)17-21(19,20)14-10(3)7-13(16)8-11(14)4;2*1-5-3-7(9)4-6(2)8(5)13(10,11)12;;;;;/h7,9,12H,6H2,1-5H3,(H,17,18);3H,1-2H3;3H,1-2H3,(H2,10,11,12);1H;;;;1H/q3*-1;;;;;. The molecule has 0 fully saturated rings. The maximum atomic E-state index is 12.4. The molecule has 9 radical (unpaired) electrons. The Morgan fingerprint density at radius 2 is 1.06 bits per heavy atom. The maximum absolute atomic E-state index is 12.4. The van der Waals surface area contributed by atoms with E-state index in [2.05, 4.69) is 22.9 Å². The van der Waals surface area contributed by atoms with E-state index in [1.54, 1.807) is 48.5 Å². The minimum absolute atomic E-state index is 0. The quantitative estimate of drug-likeness (QED) is 0.160. The molecule has 0 aliphatic heterocycles. The van der Waals surface area contributed by atoms with Crippen molar-refractivity contribution in [3.63, 3.8) is 0 Å². The second-order valence-corrected chi connectivity index (χ2v) is 16.8. The van der Waals surface area contributed by atoms with Crippen molar-refractivity contribution in [1.29, 1.82) is 0 Å². The fourth-order valence-corrected chi connectivity index (χ4v) is 8.87. The van der Waals surface area contributed by atoms with E-state index in [-0.39, 0.29) is 150 Å². The molecule has 3 aromatic carbocycles. The topological polar surface area (TPSA) is 158 Å². The molecule has 3 aromatic rings. The number of sulfonamides is 2. The zero-order valence-electron chi connectivity index (χ0n) is 30.0. The number of nitrogens with one attached hydrogen (secondary N) is 1. The molecule has 3 N–H and O–H groups in total. The van der Waals surface area contributed by atoms with Gasteiger partial charge >= 0.3 is 0 Å². The van der Waals surface area contributed by atoms with E-state index >= 15 is 0 Å². The molecule has 0 aliphatic rings. The van der Waals surface area contributed by atoms with Crippen LogP contribution < -0.4 is 26.2 Å². The number of hydrogen-bond acceptors (Lipinski definition) is 7. The van der Waals surface area contributed by atoms with Crippen molar-refractivity contribution in [2.45, 2.75) is 83.4 Å². The van der Waals surface area contributed by atoms with E-state index in [1.807, 2.05) is 13.8 Å². The monoisotopic (exact) mass is 1110 g/mol. The molecule has 0 heterocycles. The van der Waals surface area contributed by atoms with Gasteiger partial charge < -0.3 is 0 Å². The number of primary sulfonamides is 1. The number of carbonyl (C=O) groups excluding carboxylic acids is 1. The molecule has 1 amide bonds. The summed E-state index contributed by atoms with van der Waals surface area (Å²) in [5.41, 5.74) is 4.13. The summed E-state index contributed by atoms with van der Waals surface area (Å²) in [4.78, 5) is 12.4. The number of benzene rings is 3. The zero-order chi connectivity index (χ0) is 36.8. The third kappa shape index (κ3) is 18.5. The molecule has 0 spiro atoms. The Balaban J connectivity index is -0.000000211. The molecular weight excluding hydrogens is 1070 g/mol. The van der Waals surface area contributed by atoms with Crippen molar-refractivity contribution >= 4 is 110 Å². The average Bonchev–Trinajstić information content (AvgIpc) is 2.84. The first kappa shape index (κ1) is 59.2. The normalized spacial score (nSPS) is 11.9. The molecule has 0 aliphatic carbocycles. The van der Waals surface area contributed by atoms with E-state index in [0.29, 0.717) is 49.8 Å². The Morgan fingerprint density at radius 3 is 1.33 bits per heavy atom. The molecule has 0 saturated heterocycles. The van der Waals surface area contributed by atoms with E-state index in [0.717, 1.165) is 6.42 Å². The average molecular weight is 1110 g/mol. The summed E-state index contributed by atoms with van der Waals surface area (Å²) in [6, 6.07) is 12.8. The van der Waals surface area contributed by atoms with E-state index in [1.165, 1.54) is 18.2 Å². The second-order valence-electron chi connectivity index (χ2n) is 11.2. The van der Waals surface area contributed by atoms with Crippen LogP contribution in [-0.4, -0.2) is 54.7 Å².